The predicted octanol–water partition coefficient (Wildman–Crippen LogP) is 3.91. The number of halogens is 1. The fourth-order valence-corrected chi connectivity index (χ4v) is 1.62. The maximum Gasteiger partial charge on any atom is 0.0895 e. The van der Waals surface area contributed by atoms with Crippen molar-refractivity contribution >= 4 is 23.6 Å². The molecule has 0 radical (unpaired) electrons. The summed E-state index contributed by atoms with van der Waals surface area (Å²) in [7, 11) is 2.00. The molecule has 0 N–H and O–H groups in total. The minimum atomic E-state index is 0.370. The summed E-state index contributed by atoms with van der Waals surface area (Å²) in [4.78, 5) is 6.48. The van der Waals surface area contributed by atoms with Crippen molar-refractivity contribution in [2.75, 3.05) is 11.9 Å². The Morgan fingerprint density at radius 1 is 1.50 bits per heavy atom. The summed E-state index contributed by atoms with van der Waals surface area (Å²) in [5, 5.41) is 0.772. The molecule has 2 nitrogen and oxygen atoms in total. The molecule has 1 unspecified atom stereocenters. The summed E-state index contributed by atoms with van der Waals surface area (Å²) in [6.07, 6.45) is 2.94. The number of rotatable bonds is 4. The lowest BCUT2D eigenvalue weighted by molar-refractivity contribution is 0.718. The van der Waals surface area contributed by atoms with Crippen molar-refractivity contribution < 1.29 is 0 Å². The quantitative estimate of drug-likeness (QED) is 0.574. The second-order valence-corrected chi connectivity index (χ2v) is 4.50. The van der Waals surface area contributed by atoms with E-state index >= 15 is 0 Å². The maximum atomic E-state index is 5.92. The smallest absolute Gasteiger partial charge is 0.0895 e. The van der Waals surface area contributed by atoms with Crippen molar-refractivity contribution in [2.45, 2.75) is 33.2 Å². The van der Waals surface area contributed by atoms with E-state index in [2.05, 4.69) is 25.8 Å². The van der Waals surface area contributed by atoms with Gasteiger partial charge in [-0.3, -0.25) is 4.99 Å². The highest BCUT2D eigenvalue weighted by Gasteiger charge is 2.03. The van der Waals surface area contributed by atoms with Crippen molar-refractivity contribution in [1.82, 2.24) is 0 Å². The average molecular weight is 239 g/mol. The highest BCUT2D eigenvalue weighted by molar-refractivity contribution is 6.30. The molecule has 1 aromatic carbocycles. The zero-order valence-corrected chi connectivity index (χ0v) is 11.1. The summed E-state index contributed by atoms with van der Waals surface area (Å²) >= 11 is 5.92. The summed E-state index contributed by atoms with van der Waals surface area (Å²) in [6.45, 7) is 6.30. The molecule has 0 fully saturated rings. The van der Waals surface area contributed by atoms with Crippen LogP contribution in [0.5, 0.6) is 0 Å². The lowest BCUT2D eigenvalue weighted by Gasteiger charge is -2.17. The highest BCUT2D eigenvalue weighted by atomic mass is 35.5. The van der Waals surface area contributed by atoms with Crippen LogP contribution in [0, 0.1) is 6.92 Å². The van der Waals surface area contributed by atoms with Gasteiger partial charge in [0.1, 0.15) is 0 Å². The zero-order valence-electron chi connectivity index (χ0n) is 10.4. The normalized spacial score (nSPS) is 13.1. The van der Waals surface area contributed by atoms with Crippen LogP contribution in [0.15, 0.2) is 23.2 Å². The molecule has 1 atom stereocenters. The van der Waals surface area contributed by atoms with Crippen LogP contribution < -0.4 is 4.90 Å². The third-order valence-electron chi connectivity index (χ3n) is 2.62. The largest absolute Gasteiger partial charge is 0.336 e. The minimum Gasteiger partial charge on any atom is -0.336 e. The van der Waals surface area contributed by atoms with Crippen LogP contribution in [0.25, 0.3) is 0 Å². The second-order valence-electron chi connectivity index (χ2n) is 4.06. The highest BCUT2D eigenvalue weighted by Crippen LogP contribution is 2.21. The SMILES string of the molecule is CCC(C)N=CN(C)c1ccc(Cl)cc1C. The number of anilines is 1. The van der Waals surface area contributed by atoms with Crippen LogP contribution in [0.1, 0.15) is 25.8 Å². The summed E-state index contributed by atoms with van der Waals surface area (Å²) < 4.78 is 0. The van der Waals surface area contributed by atoms with Crippen molar-refractivity contribution in [2.24, 2.45) is 4.99 Å². The molecule has 3 heteroatoms. The molecule has 0 aliphatic heterocycles. The second kappa shape index (κ2) is 5.90. The molecule has 16 heavy (non-hydrogen) atoms. The predicted molar refractivity (Wildman–Crippen MR) is 72.8 cm³/mol. The lowest BCUT2D eigenvalue weighted by atomic mass is 10.2. The topological polar surface area (TPSA) is 15.6 Å². The van der Waals surface area contributed by atoms with Gasteiger partial charge >= 0.3 is 0 Å². The molecule has 88 valence electrons. The molecule has 0 saturated carbocycles. The van der Waals surface area contributed by atoms with Gasteiger partial charge in [-0.2, -0.15) is 0 Å². The number of aliphatic imine (C=N–C) groups is 1. The van der Waals surface area contributed by atoms with Crippen molar-refractivity contribution in [3.63, 3.8) is 0 Å². The molecule has 0 amide bonds. The molecule has 0 heterocycles. The molecular formula is C13H19ClN2. The Kier molecular flexibility index (Phi) is 4.81. The molecule has 1 aromatic rings. The van der Waals surface area contributed by atoms with Crippen molar-refractivity contribution in [3.05, 3.63) is 28.8 Å². The summed E-state index contributed by atoms with van der Waals surface area (Å²) in [6, 6.07) is 6.25. The van der Waals surface area contributed by atoms with E-state index < -0.39 is 0 Å². The van der Waals surface area contributed by atoms with E-state index in [0.29, 0.717) is 6.04 Å². The zero-order chi connectivity index (χ0) is 12.1. The van der Waals surface area contributed by atoms with E-state index in [9.17, 15) is 0 Å². The van der Waals surface area contributed by atoms with E-state index in [1.54, 1.807) is 0 Å². The van der Waals surface area contributed by atoms with Crippen molar-refractivity contribution in [3.8, 4) is 0 Å². The Morgan fingerprint density at radius 3 is 2.75 bits per heavy atom. The van der Waals surface area contributed by atoms with Gasteiger partial charge in [0.2, 0.25) is 0 Å². The first-order chi connectivity index (χ1) is 7.54. The molecule has 0 aromatic heterocycles. The van der Waals surface area contributed by atoms with Gasteiger partial charge < -0.3 is 4.90 Å². The van der Waals surface area contributed by atoms with Gasteiger partial charge in [-0.15, -0.1) is 0 Å². The van der Waals surface area contributed by atoms with E-state index in [0.717, 1.165) is 22.7 Å². The van der Waals surface area contributed by atoms with Crippen LogP contribution in [-0.4, -0.2) is 19.4 Å². The van der Waals surface area contributed by atoms with Gasteiger partial charge in [-0.25, -0.2) is 0 Å². The fraction of sp³-hybridized carbons (Fsp3) is 0.462. The first-order valence-electron chi connectivity index (χ1n) is 5.57. The number of hydrogen-bond donors (Lipinski definition) is 0. The van der Waals surface area contributed by atoms with Gasteiger partial charge in [0.15, 0.2) is 0 Å². The number of hydrogen-bond acceptors (Lipinski definition) is 1. The number of aryl methyl sites for hydroxylation is 1. The summed E-state index contributed by atoms with van der Waals surface area (Å²) in [5.41, 5.74) is 2.29. The Balaban J connectivity index is 2.80. The van der Waals surface area contributed by atoms with E-state index in [1.807, 2.05) is 36.5 Å². The number of benzene rings is 1. The standard InChI is InChI=1S/C13H19ClN2/c1-5-11(3)15-9-16(4)13-7-6-12(14)8-10(13)2/h6-9,11H,5H2,1-4H3. The number of nitrogens with zero attached hydrogens (tertiary/aromatic N) is 2. The van der Waals surface area contributed by atoms with Crippen LogP contribution in [-0.2, 0) is 0 Å². The third kappa shape index (κ3) is 3.53. The Hall–Kier alpha value is -1.02. The van der Waals surface area contributed by atoms with E-state index in [-0.39, 0.29) is 0 Å². The van der Waals surface area contributed by atoms with Gasteiger partial charge in [0, 0.05) is 23.8 Å². The van der Waals surface area contributed by atoms with Crippen LogP contribution in [0.2, 0.25) is 5.02 Å². The molecule has 0 bridgehead atoms. The first-order valence-corrected chi connectivity index (χ1v) is 5.94. The average Bonchev–Trinajstić information content (AvgIpc) is 2.25. The minimum absolute atomic E-state index is 0.370. The van der Waals surface area contributed by atoms with Crippen LogP contribution >= 0.6 is 11.6 Å². The fourth-order valence-electron chi connectivity index (χ4n) is 1.40. The molecule has 0 aliphatic rings. The van der Waals surface area contributed by atoms with Gasteiger partial charge in [0.25, 0.3) is 0 Å². The Morgan fingerprint density at radius 2 is 2.19 bits per heavy atom. The monoisotopic (exact) mass is 238 g/mol. The van der Waals surface area contributed by atoms with E-state index in [4.69, 9.17) is 11.6 Å². The molecule has 0 aliphatic carbocycles. The van der Waals surface area contributed by atoms with Crippen molar-refractivity contribution in [1.29, 1.82) is 0 Å². The lowest BCUT2D eigenvalue weighted by Crippen LogP contribution is -2.16. The molecular weight excluding hydrogens is 220 g/mol. The first kappa shape index (κ1) is 13.0. The third-order valence-corrected chi connectivity index (χ3v) is 2.86. The van der Waals surface area contributed by atoms with Crippen LogP contribution in [0.4, 0.5) is 5.69 Å². The van der Waals surface area contributed by atoms with Gasteiger partial charge in [-0.05, 0) is 44.0 Å². The molecule has 1 rings (SSSR count). The summed E-state index contributed by atoms with van der Waals surface area (Å²) in [5.74, 6) is 0. The molecule has 0 saturated heterocycles. The maximum absolute atomic E-state index is 5.92. The van der Waals surface area contributed by atoms with E-state index in [1.165, 1.54) is 0 Å². The molecule has 0 spiro atoms. The Labute approximate surface area is 103 Å². The van der Waals surface area contributed by atoms with Crippen LogP contribution in [0.3, 0.4) is 0 Å². The van der Waals surface area contributed by atoms with Gasteiger partial charge in [-0.1, -0.05) is 18.5 Å². The van der Waals surface area contributed by atoms with Gasteiger partial charge in [0.05, 0.1) is 6.34 Å². The Bertz CT molecular complexity index is 374.